The van der Waals surface area contributed by atoms with E-state index in [1.54, 1.807) is 23.5 Å². The summed E-state index contributed by atoms with van der Waals surface area (Å²) in [7, 11) is 4.20. The van der Waals surface area contributed by atoms with E-state index < -0.39 is 0 Å². The highest BCUT2D eigenvalue weighted by Gasteiger charge is 2.26. The van der Waals surface area contributed by atoms with E-state index in [-0.39, 0.29) is 0 Å². The van der Waals surface area contributed by atoms with Crippen molar-refractivity contribution in [2.45, 2.75) is 9.79 Å². The van der Waals surface area contributed by atoms with Gasteiger partial charge in [-0.1, -0.05) is 59.9 Å². The molecular weight excluding hydrogens is 296 g/mol. The van der Waals surface area contributed by atoms with E-state index in [9.17, 15) is 0 Å². The maximum Gasteiger partial charge on any atom is 0.142 e. The minimum Gasteiger partial charge on any atom is -0.343 e. The molecule has 2 aromatic rings. The van der Waals surface area contributed by atoms with E-state index in [0.717, 1.165) is 0 Å². The Morgan fingerprint density at radius 3 is 1.38 bits per heavy atom. The van der Waals surface area contributed by atoms with Gasteiger partial charge >= 0.3 is 0 Å². The summed E-state index contributed by atoms with van der Waals surface area (Å²) >= 11 is 3.60. The Morgan fingerprint density at radius 1 is 0.619 bits per heavy atom. The summed E-state index contributed by atoms with van der Waals surface area (Å²) in [6.45, 7) is 2.12. The van der Waals surface area contributed by atoms with E-state index in [0.29, 0.717) is 0 Å². The van der Waals surface area contributed by atoms with Gasteiger partial charge in [0.25, 0.3) is 0 Å². The molecule has 0 aliphatic carbocycles. The molecule has 2 nitrogen and oxygen atoms in total. The molecule has 0 N–H and O–H groups in total. The third-order valence-electron chi connectivity index (χ3n) is 3.09. The summed E-state index contributed by atoms with van der Waals surface area (Å²) in [5.41, 5.74) is 0. The zero-order valence-electron chi connectivity index (χ0n) is 12.1. The second-order valence-electron chi connectivity index (χ2n) is 4.78. The standard InChI is InChI=1S/C17H17N2S2/c1-18-13-19(2)17(21-15-11-7-4-8-12-15)16(18)20-14-9-5-3-6-10-14/h3-13H,1-2H3. The van der Waals surface area contributed by atoms with Crippen LogP contribution < -0.4 is 0 Å². The molecule has 0 fully saturated rings. The quantitative estimate of drug-likeness (QED) is 0.807. The largest absolute Gasteiger partial charge is 0.343 e. The van der Waals surface area contributed by atoms with Crippen molar-refractivity contribution in [2.75, 3.05) is 14.1 Å². The lowest BCUT2D eigenvalue weighted by Crippen LogP contribution is -2.13. The first-order valence-corrected chi connectivity index (χ1v) is 8.38. The molecule has 0 atom stereocenters. The van der Waals surface area contributed by atoms with E-state index in [2.05, 4.69) is 91.2 Å². The molecule has 0 aromatic heterocycles. The second kappa shape index (κ2) is 6.50. The monoisotopic (exact) mass is 313 g/mol. The normalized spacial score (nSPS) is 15.0. The lowest BCUT2D eigenvalue weighted by atomic mass is 10.4. The minimum absolute atomic E-state index is 1.26. The van der Waals surface area contributed by atoms with Gasteiger partial charge in [0.15, 0.2) is 0 Å². The molecule has 21 heavy (non-hydrogen) atoms. The molecule has 1 heterocycles. The molecule has 0 saturated carbocycles. The molecule has 0 amide bonds. The van der Waals surface area contributed by atoms with Crippen molar-refractivity contribution in [1.82, 2.24) is 9.80 Å². The molecule has 4 heteroatoms. The van der Waals surface area contributed by atoms with E-state index in [1.165, 1.54) is 19.8 Å². The zero-order chi connectivity index (χ0) is 14.7. The lowest BCUT2D eigenvalue weighted by Gasteiger charge is -2.14. The Balaban J connectivity index is 1.88. The first-order valence-electron chi connectivity index (χ1n) is 6.75. The zero-order valence-corrected chi connectivity index (χ0v) is 13.7. The third-order valence-corrected chi connectivity index (χ3v) is 5.58. The van der Waals surface area contributed by atoms with Crippen LogP contribution in [0.15, 0.2) is 80.5 Å². The molecule has 1 radical (unpaired) electrons. The Labute approximate surface area is 134 Å². The number of rotatable bonds is 4. The molecule has 0 unspecified atom stereocenters. The van der Waals surface area contributed by atoms with Gasteiger partial charge in [-0.15, -0.1) is 0 Å². The summed E-state index contributed by atoms with van der Waals surface area (Å²) < 4.78 is 0. The highest BCUT2D eigenvalue weighted by Crippen LogP contribution is 2.43. The van der Waals surface area contributed by atoms with E-state index in [4.69, 9.17) is 0 Å². The number of thioether (sulfide) groups is 2. The predicted octanol–water partition coefficient (Wildman–Crippen LogP) is 4.69. The van der Waals surface area contributed by atoms with Gasteiger partial charge in [-0.2, -0.15) is 0 Å². The Bertz CT molecular complexity index is 570. The summed E-state index contributed by atoms with van der Waals surface area (Å²) in [5.74, 6) is 0. The van der Waals surface area contributed by atoms with Crippen LogP contribution in [-0.2, 0) is 0 Å². The lowest BCUT2D eigenvalue weighted by molar-refractivity contribution is 0.426. The van der Waals surface area contributed by atoms with Crippen LogP contribution >= 0.6 is 23.5 Å². The first kappa shape index (κ1) is 14.4. The Hall–Kier alpha value is -1.52. The van der Waals surface area contributed by atoms with Crippen molar-refractivity contribution in [1.29, 1.82) is 0 Å². The van der Waals surface area contributed by atoms with Crippen LogP contribution in [0, 0.1) is 6.67 Å². The van der Waals surface area contributed by atoms with E-state index in [1.807, 2.05) is 0 Å². The number of nitrogens with zero attached hydrogens (tertiary/aromatic N) is 2. The fourth-order valence-electron chi connectivity index (χ4n) is 2.10. The van der Waals surface area contributed by atoms with Crippen LogP contribution in [0.25, 0.3) is 0 Å². The van der Waals surface area contributed by atoms with Gasteiger partial charge in [0.1, 0.15) is 16.7 Å². The maximum atomic E-state index is 2.18. The van der Waals surface area contributed by atoms with Gasteiger partial charge < -0.3 is 9.80 Å². The van der Waals surface area contributed by atoms with Crippen LogP contribution in [-0.4, -0.2) is 23.9 Å². The first-order chi connectivity index (χ1) is 10.2. The Kier molecular flexibility index (Phi) is 4.46. The topological polar surface area (TPSA) is 6.48 Å². The number of benzene rings is 2. The van der Waals surface area contributed by atoms with Crippen LogP contribution in [0.2, 0.25) is 0 Å². The molecule has 0 bridgehead atoms. The van der Waals surface area contributed by atoms with Gasteiger partial charge in [-0.05, 0) is 24.3 Å². The van der Waals surface area contributed by atoms with Crippen molar-refractivity contribution in [2.24, 2.45) is 0 Å². The van der Waals surface area contributed by atoms with Crippen molar-refractivity contribution >= 4 is 23.5 Å². The summed E-state index contributed by atoms with van der Waals surface area (Å²) in [5, 5.41) is 2.52. The highest BCUT2D eigenvalue weighted by atomic mass is 32.2. The van der Waals surface area contributed by atoms with Crippen LogP contribution in [0.4, 0.5) is 0 Å². The van der Waals surface area contributed by atoms with Crippen molar-refractivity contribution < 1.29 is 0 Å². The molecule has 107 valence electrons. The number of hydrogen-bond acceptors (Lipinski definition) is 4. The van der Waals surface area contributed by atoms with Crippen molar-refractivity contribution in [3.05, 3.63) is 77.4 Å². The van der Waals surface area contributed by atoms with Gasteiger partial charge in [0.2, 0.25) is 0 Å². The van der Waals surface area contributed by atoms with Gasteiger partial charge in [-0.25, -0.2) is 0 Å². The molecule has 0 spiro atoms. The minimum atomic E-state index is 1.26. The van der Waals surface area contributed by atoms with Gasteiger partial charge in [-0.3, -0.25) is 0 Å². The van der Waals surface area contributed by atoms with Crippen molar-refractivity contribution in [3.8, 4) is 0 Å². The molecule has 2 aromatic carbocycles. The molecule has 3 rings (SSSR count). The van der Waals surface area contributed by atoms with Crippen LogP contribution in [0.1, 0.15) is 0 Å². The second-order valence-corrected chi connectivity index (χ2v) is 6.90. The van der Waals surface area contributed by atoms with Crippen molar-refractivity contribution in [3.63, 3.8) is 0 Å². The molecule has 1 aliphatic heterocycles. The average molecular weight is 313 g/mol. The third kappa shape index (κ3) is 3.39. The summed E-state index contributed by atoms with van der Waals surface area (Å²) in [4.78, 5) is 6.88. The summed E-state index contributed by atoms with van der Waals surface area (Å²) in [6.07, 6.45) is 0. The average Bonchev–Trinajstić information content (AvgIpc) is 2.76. The maximum absolute atomic E-state index is 2.18. The summed E-state index contributed by atoms with van der Waals surface area (Å²) in [6, 6.07) is 21.0. The fraction of sp³-hybridized carbons (Fsp3) is 0.118. The fourth-order valence-corrected chi connectivity index (χ4v) is 4.23. The van der Waals surface area contributed by atoms with Gasteiger partial charge in [0, 0.05) is 23.9 Å². The highest BCUT2D eigenvalue weighted by molar-refractivity contribution is 8.06. The van der Waals surface area contributed by atoms with E-state index >= 15 is 0 Å². The molecule has 1 aliphatic rings. The SMILES string of the molecule is CN1[CH]N(C)C(Sc2ccccc2)=C1Sc1ccccc1. The smallest absolute Gasteiger partial charge is 0.142 e. The van der Waals surface area contributed by atoms with Gasteiger partial charge in [0.05, 0.1) is 0 Å². The molecular formula is C17H17N2S2. The molecule has 0 saturated heterocycles. The predicted molar refractivity (Wildman–Crippen MR) is 91.5 cm³/mol. The van der Waals surface area contributed by atoms with Crippen LogP contribution in [0.3, 0.4) is 0 Å². The Morgan fingerprint density at radius 2 is 1.00 bits per heavy atom. The van der Waals surface area contributed by atoms with Crippen LogP contribution in [0.5, 0.6) is 0 Å². The number of hydrogen-bond donors (Lipinski definition) is 0.